The number of methoxy groups -OCH3 is 1. The maximum absolute atomic E-state index is 5.42. The van der Waals surface area contributed by atoms with Gasteiger partial charge >= 0.3 is 0 Å². The monoisotopic (exact) mass is 177 g/mol. The lowest BCUT2D eigenvalue weighted by Crippen LogP contribution is -2.11. The van der Waals surface area contributed by atoms with Crippen LogP contribution in [0.4, 0.5) is 0 Å². The molecule has 0 spiro atoms. The summed E-state index contributed by atoms with van der Waals surface area (Å²) in [5.41, 5.74) is 2.19. The van der Waals surface area contributed by atoms with Crippen LogP contribution in [0, 0.1) is 12.3 Å². The lowest BCUT2D eigenvalue weighted by Gasteiger charge is -2.17. The standard InChI is InChI=1S/C11H15NO/c1-4-9-7-5-6-8-10(9)11(12-2)13-3/h1H,5-8H2,2-3H3. The van der Waals surface area contributed by atoms with Gasteiger partial charge in [-0.2, -0.15) is 0 Å². The van der Waals surface area contributed by atoms with Gasteiger partial charge in [0.05, 0.1) is 7.11 Å². The molecule has 1 aliphatic carbocycles. The predicted molar refractivity (Wildman–Crippen MR) is 54.7 cm³/mol. The second-order valence-corrected chi connectivity index (χ2v) is 3.04. The Morgan fingerprint density at radius 2 is 2.15 bits per heavy atom. The summed E-state index contributed by atoms with van der Waals surface area (Å²) in [5, 5.41) is 0. The van der Waals surface area contributed by atoms with E-state index in [2.05, 4.69) is 10.9 Å². The van der Waals surface area contributed by atoms with Crippen molar-refractivity contribution in [3.05, 3.63) is 11.1 Å². The molecule has 1 rings (SSSR count). The Morgan fingerprint density at radius 1 is 1.46 bits per heavy atom. The van der Waals surface area contributed by atoms with E-state index in [0.29, 0.717) is 5.90 Å². The van der Waals surface area contributed by atoms with Crippen LogP contribution in [-0.2, 0) is 4.74 Å². The van der Waals surface area contributed by atoms with E-state index >= 15 is 0 Å². The van der Waals surface area contributed by atoms with Gasteiger partial charge < -0.3 is 4.74 Å². The number of terminal acetylenes is 1. The van der Waals surface area contributed by atoms with E-state index < -0.39 is 0 Å². The predicted octanol–water partition coefficient (Wildman–Crippen LogP) is 2.16. The summed E-state index contributed by atoms with van der Waals surface area (Å²) < 4.78 is 5.17. The van der Waals surface area contributed by atoms with E-state index in [9.17, 15) is 0 Å². The molecule has 0 aromatic heterocycles. The van der Waals surface area contributed by atoms with Crippen molar-refractivity contribution in [2.75, 3.05) is 14.2 Å². The molecule has 0 aliphatic heterocycles. The van der Waals surface area contributed by atoms with Crippen LogP contribution in [0.2, 0.25) is 0 Å². The van der Waals surface area contributed by atoms with E-state index in [0.717, 1.165) is 24.0 Å². The van der Waals surface area contributed by atoms with Gasteiger partial charge in [0.1, 0.15) is 0 Å². The van der Waals surface area contributed by atoms with Gasteiger partial charge in [0.15, 0.2) is 0 Å². The van der Waals surface area contributed by atoms with Gasteiger partial charge in [-0.25, -0.2) is 0 Å². The average Bonchev–Trinajstić information content (AvgIpc) is 2.20. The van der Waals surface area contributed by atoms with E-state index in [1.807, 2.05) is 0 Å². The van der Waals surface area contributed by atoms with Crippen LogP contribution in [0.1, 0.15) is 25.7 Å². The van der Waals surface area contributed by atoms with E-state index in [4.69, 9.17) is 11.2 Å². The van der Waals surface area contributed by atoms with E-state index in [1.165, 1.54) is 12.8 Å². The van der Waals surface area contributed by atoms with Gasteiger partial charge in [0.2, 0.25) is 5.90 Å². The third-order valence-corrected chi connectivity index (χ3v) is 2.30. The fraction of sp³-hybridized carbons (Fsp3) is 0.545. The summed E-state index contributed by atoms with van der Waals surface area (Å²) in [6.07, 6.45) is 9.78. The highest BCUT2D eigenvalue weighted by Gasteiger charge is 2.15. The molecule has 0 amide bonds. The summed E-state index contributed by atoms with van der Waals surface area (Å²) in [6.45, 7) is 0. The average molecular weight is 177 g/mol. The molecule has 0 aromatic rings. The molecular weight excluding hydrogens is 162 g/mol. The quantitative estimate of drug-likeness (QED) is 0.342. The topological polar surface area (TPSA) is 21.6 Å². The summed E-state index contributed by atoms with van der Waals surface area (Å²) in [7, 11) is 3.37. The number of allylic oxidation sites excluding steroid dienone is 1. The van der Waals surface area contributed by atoms with Crippen LogP contribution >= 0.6 is 0 Å². The molecule has 0 N–H and O–H groups in total. The zero-order valence-corrected chi connectivity index (χ0v) is 8.26. The van der Waals surface area contributed by atoms with Crippen molar-refractivity contribution in [2.45, 2.75) is 25.7 Å². The minimum absolute atomic E-state index is 0.702. The maximum Gasteiger partial charge on any atom is 0.212 e. The van der Waals surface area contributed by atoms with Gasteiger partial charge in [-0.3, -0.25) is 4.99 Å². The first-order chi connectivity index (χ1) is 6.33. The highest BCUT2D eigenvalue weighted by molar-refractivity contribution is 5.95. The third kappa shape index (κ3) is 2.12. The Hall–Kier alpha value is -1.23. The van der Waals surface area contributed by atoms with Crippen molar-refractivity contribution in [3.8, 4) is 12.3 Å². The van der Waals surface area contributed by atoms with Crippen molar-refractivity contribution < 1.29 is 4.74 Å². The van der Waals surface area contributed by atoms with Crippen LogP contribution < -0.4 is 0 Å². The Morgan fingerprint density at radius 3 is 2.69 bits per heavy atom. The molecule has 2 nitrogen and oxygen atoms in total. The summed E-state index contributed by atoms with van der Waals surface area (Å²) in [6, 6.07) is 0. The van der Waals surface area contributed by atoms with E-state index in [1.54, 1.807) is 14.2 Å². The second kappa shape index (κ2) is 4.71. The van der Waals surface area contributed by atoms with Gasteiger partial charge in [-0.15, -0.1) is 6.42 Å². The van der Waals surface area contributed by atoms with Crippen LogP contribution in [0.3, 0.4) is 0 Å². The molecule has 13 heavy (non-hydrogen) atoms. The summed E-state index contributed by atoms with van der Waals surface area (Å²) in [4.78, 5) is 4.07. The van der Waals surface area contributed by atoms with Crippen LogP contribution in [0.15, 0.2) is 16.1 Å². The third-order valence-electron chi connectivity index (χ3n) is 2.30. The maximum atomic E-state index is 5.42. The van der Waals surface area contributed by atoms with Crippen molar-refractivity contribution in [3.63, 3.8) is 0 Å². The van der Waals surface area contributed by atoms with Crippen molar-refractivity contribution in [2.24, 2.45) is 4.99 Å². The van der Waals surface area contributed by atoms with Gasteiger partial charge in [0.25, 0.3) is 0 Å². The first kappa shape index (κ1) is 9.85. The summed E-state index contributed by atoms with van der Waals surface area (Å²) in [5.74, 6) is 3.42. The molecule has 0 saturated heterocycles. The molecule has 0 aromatic carbocycles. The summed E-state index contributed by atoms with van der Waals surface area (Å²) >= 11 is 0. The zero-order chi connectivity index (χ0) is 9.68. The van der Waals surface area contributed by atoms with Crippen molar-refractivity contribution >= 4 is 5.90 Å². The Bertz CT molecular complexity index is 281. The fourth-order valence-electron chi connectivity index (χ4n) is 1.65. The normalized spacial score (nSPS) is 18.4. The molecule has 70 valence electrons. The zero-order valence-electron chi connectivity index (χ0n) is 8.26. The largest absolute Gasteiger partial charge is 0.481 e. The highest BCUT2D eigenvalue weighted by Crippen LogP contribution is 2.25. The molecule has 0 unspecified atom stereocenters. The van der Waals surface area contributed by atoms with Crippen LogP contribution in [0.25, 0.3) is 0 Å². The SMILES string of the molecule is C#CC1=C(C(=NC)OC)CCCC1. The number of ether oxygens (including phenoxy) is 1. The van der Waals surface area contributed by atoms with Gasteiger partial charge in [0, 0.05) is 18.2 Å². The minimum atomic E-state index is 0.702. The lowest BCUT2D eigenvalue weighted by atomic mass is 9.92. The highest BCUT2D eigenvalue weighted by atomic mass is 16.5. The smallest absolute Gasteiger partial charge is 0.212 e. The molecule has 0 bridgehead atoms. The molecular formula is C11H15NO. The van der Waals surface area contributed by atoms with Crippen molar-refractivity contribution in [1.29, 1.82) is 0 Å². The van der Waals surface area contributed by atoms with Crippen LogP contribution in [0.5, 0.6) is 0 Å². The molecule has 1 aliphatic rings. The number of nitrogens with zero attached hydrogens (tertiary/aromatic N) is 1. The number of hydrogen-bond acceptors (Lipinski definition) is 2. The Balaban J connectivity index is 2.98. The van der Waals surface area contributed by atoms with Gasteiger partial charge in [-0.05, 0) is 25.7 Å². The molecule has 0 saturated carbocycles. The number of aliphatic imine (C=N–C) groups is 1. The molecule has 0 heterocycles. The first-order valence-corrected chi connectivity index (χ1v) is 4.53. The van der Waals surface area contributed by atoms with Gasteiger partial charge in [-0.1, -0.05) is 5.92 Å². The molecule has 0 fully saturated rings. The minimum Gasteiger partial charge on any atom is -0.481 e. The van der Waals surface area contributed by atoms with Crippen LogP contribution in [-0.4, -0.2) is 20.1 Å². The first-order valence-electron chi connectivity index (χ1n) is 4.53. The van der Waals surface area contributed by atoms with Crippen molar-refractivity contribution in [1.82, 2.24) is 0 Å². The second-order valence-electron chi connectivity index (χ2n) is 3.04. The molecule has 0 atom stereocenters. The Kier molecular flexibility index (Phi) is 3.57. The fourth-order valence-corrected chi connectivity index (χ4v) is 1.65. The lowest BCUT2D eigenvalue weighted by molar-refractivity contribution is 0.399. The van der Waals surface area contributed by atoms with E-state index in [-0.39, 0.29) is 0 Å². The molecule has 0 radical (unpaired) electrons. The number of rotatable bonds is 1. The molecule has 2 heteroatoms. The number of hydrogen-bond donors (Lipinski definition) is 0. The Labute approximate surface area is 79.7 Å².